The van der Waals surface area contributed by atoms with Crippen LogP contribution < -0.4 is 9.47 Å². The van der Waals surface area contributed by atoms with Crippen LogP contribution >= 0.6 is 0 Å². The van der Waals surface area contributed by atoms with E-state index in [4.69, 9.17) is 14.0 Å². The van der Waals surface area contributed by atoms with Crippen LogP contribution in [0.4, 0.5) is 0 Å². The molecule has 3 rings (SSSR count). The molecule has 0 unspecified atom stereocenters. The van der Waals surface area contributed by atoms with E-state index in [1.807, 2.05) is 18.2 Å². The van der Waals surface area contributed by atoms with Gasteiger partial charge in [-0.3, -0.25) is 0 Å². The zero-order chi connectivity index (χ0) is 13.2. The Morgan fingerprint density at radius 1 is 1.16 bits per heavy atom. The number of rotatable bonds is 4. The lowest BCUT2D eigenvalue weighted by atomic mass is 10.0. The fourth-order valence-corrected chi connectivity index (χ4v) is 2.19. The molecule has 0 N–H and O–H groups in total. The zero-order valence-electron chi connectivity index (χ0n) is 11.0. The second kappa shape index (κ2) is 4.91. The standard InChI is InChI=1S/C14H16N2O3/c1-3-9(4-2)14-15-13(16-19-14)10-5-6-11-12(7-10)18-8-17-11/h5-7,9H,3-4,8H2,1-2H3. The van der Waals surface area contributed by atoms with E-state index in [1.54, 1.807) is 0 Å². The van der Waals surface area contributed by atoms with Crippen molar-refractivity contribution in [3.05, 3.63) is 24.1 Å². The molecular formula is C14H16N2O3. The third kappa shape index (κ3) is 2.16. The van der Waals surface area contributed by atoms with Gasteiger partial charge >= 0.3 is 0 Å². The molecule has 0 saturated heterocycles. The molecule has 0 atom stereocenters. The van der Waals surface area contributed by atoms with Crippen LogP contribution in [0.3, 0.4) is 0 Å². The first-order valence-corrected chi connectivity index (χ1v) is 6.55. The summed E-state index contributed by atoms with van der Waals surface area (Å²) >= 11 is 0. The van der Waals surface area contributed by atoms with Gasteiger partial charge in [0, 0.05) is 11.5 Å². The SMILES string of the molecule is CCC(CC)c1nc(-c2ccc3c(c2)OCO3)no1. The molecule has 0 spiro atoms. The van der Waals surface area contributed by atoms with Gasteiger partial charge in [-0.1, -0.05) is 19.0 Å². The molecule has 0 fully saturated rings. The van der Waals surface area contributed by atoms with Crippen LogP contribution in [0.2, 0.25) is 0 Å². The van der Waals surface area contributed by atoms with Crippen molar-refractivity contribution in [2.24, 2.45) is 0 Å². The summed E-state index contributed by atoms with van der Waals surface area (Å²) in [5, 5.41) is 4.05. The highest BCUT2D eigenvalue weighted by atomic mass is 16.7. The molecule has 1 aromatic heterocycles. The first-order valence-electron chi connectivity index (χ1n) is 6.55. The zero-order valence-corrected chi connectivity index (χ0v) is 11.0. The number of aromatic nitrogens is 2. The van der Waals surface area contributed by atoms with E-state index in [-0.39, 0.29) is 6.79 Å². The van der Waals surface area contributed by atoms with E-state index in [2.05, 4.69) is 24.0 Å². The predicted octanol–water partition coefficient (Wildman–Crippen LogP) is 3.37. The minimum absolute atomic E-state index is 0.268. The molecule has 2 heterocycles. The molecule has 19 heavy (non-hydrogen) atoms. The maximum absolute atomic E-state index is 5.35. The minimum Gasteiger partial charge on any atom is -0.454 e. The maximum atomic E-state index is 5.35. The Hall–Kier alpha value is -2.04. The van der Waals surface area contributed by atoms with Crippen molar-refractivity contribution in [3.63, 3.8) is 0 Å². The lowest BCUT2D eigenvalue weighted by molar-refractivity contribution is 0.174. The van der Waals surface area contributed by atoms with Crippen molar-refractivity contribution < 1.29 is 14.0 Å². The molecule has 0 saturated carbocycles. The molecular weight excluding hydrogens is 244 g/mol. The second-order valence-electron chi connectivity index (χ2n) is 4.54. The van der Waals surface area contributed by atoms with Crippen molar-refractivity contribution in [3.8, 4) is 22.9 Å². The fraction of sp³-hybridized carbons (Fsp3) is 0.429. The van der Waals surface area contributed by atoms with Crippen molar-refractivity contribution in [2.75, 3.05) is 6.79 Å². The van der Waals surface area contributed by atoms with Crippen LogP contribution in [-0.2, 0) is 0 Å². The molecule has 0 aliphatic carbocycles. The van der Waals surface area contributed by atoms with Crippen LogP contribution in [0.1, 0.15) is 38.5 Å². The summed E-state index contributed by atoms with van der Waals surface area (Å²) in [5.41, 5.74) is 0.880. The normalized spacial score (nSPS) is 13.2. The van der Waals surface area contributed by atoms with Gasteiger partial charge in [-0.15, -0.1) is 0 Å². The van der Waals surface area contributed by atoms with Crippen molar-refractivity contribution >= 4 is 0 Å². The minimum atomic E-state index is 0.268. The summed E-state index contributed by atoms with van der Waals surface area (Å²) in [6.07, 6.45) is 2.00. The van der Waals surface area contributed by atoms with Crippen LogP contribution in [0.15, 0.2) is 22.7 Å². The Labute approximate surface area is 111 Å². The highest BCUT2D eigenvalue weighted by molar-refractivity contribution is 5.61. The highest BCUT2D eigenvalue weighted by Gasteiger charge is 2.19. The number of nitrogens with zero attached hydrogens (tertiary/aromatic N) is 2. The number of benzene rings is 1. The van der Waals surface area contributed by atoms with Gasteiger partial charge in [-0.2, -0.15) is 4.98 Å². The summed E-state index contributed by atoms with van der Waals surface area (Å²) < 4.78 is 16.0. The van der Waals surface area contributed by atoms with Gasteiger partial charge in [0.05, 0.1) is 0 Å². The quantitative estimate of drug-likeness (QED) is 0.843. The van der Waals surface area contributed by atoms with Gasteiger partial charge in [0.15, 0.2) is 11.5 Å². The average molecular weight is 260 g/mol. The van der Waals surface area contributed by atoms with Gasteiger partial charge in [0.25, 0.3) is 0 Å². The Kier molecular flexibility index (Phi) is 3.11. The Morgan fingerprint density at radius 3 is 2.74 bits per heavy atom. The molecule has 5 heteroatoms. The van der Waals surface area contributed by atoms with Gasteiger partial charge in [-0.05, 0) is 31.0 Å². The summed E-state index contributed by atoms with van der Waals surface area (Å²) in [4.78, 5) is 4.47. The Balaban J connectivity index is 1.90. The summed E-state index contributed by atoms with van der Waals surface area (Å²) in [6.45, 7) is 4.52. The fourth-order valence-electron chi connectivity index (χ4n) is 2.19. The molecule has 0 amide bonds. The Bertz CT molecular complexity index is 576. The summed E-state index contributed by atoms with van der Waals surface area (Å²) in [5.74, 6) is 3.12. The van der Waals surface area contributed by atoms with Crippen LogP contribution in [0.25, 0.3) is 11.4 Å². The van der Waals surface area contributed by atoms with Crippen molar-refractivity contribution in [2.45, 2.75) is 32.6 Å². The number of hydrogen-bond acceptors (Lipinski definition) is 5. The van der Waals surface area contributed by atoms with E-state index in [0.717, 1.165) is 29.9 Å². The molecule has 0 radical (unpaired) electrons. The molecule has 1 aliphatic rings. The Morgan fingerprint density at radius 2 is 1.95 bits per heavy atom. The molecule has 2 aromatic rings. The third-order valence-electron chi connectivity index (χ3n) is 3.41. The van der Waals surface area contributed by atoms with E-state index in [0.29, 0.717) is 17.6 Å². The van der Waals surface area contributed by atoms with E-state index < -0.39 is 0 Å². The van der Waals surface area contributed by atoms with Crippen LogP contribution in [-0.4, -0.2) is 16.9 Å². The monoisotopic (exact) mass is 260 g/mol. The average Bonchev–Trinajstić information content (AvgIpc) is 3.08. The smallest absolute Gasteiger partial charge is 0.231 e. The van der Waals surface area contributed by atoms with Crippen LogP contribution in [0, 0.1) is 0 Å². The largest absolute Gasteiger partial charge is 0.454 e. The van der Waals surface area contributed by atoms with Gasteiger partial charge in [0.1, 0.15) is 0 Å². The second-order valence-corrected chi connectivity index (χ2v) is 4.54. The lowest BCUT2D eigenvalue weighted by Crippen LogP contribution is -1.95. The molecule has 100 valence electrons. The van der Waals surface area contributed by atoms with Gasteiger partial charge < -0.3 is 14.0 Å². The number of fused-ring (bicyclic) bond motifs is 1. The third-order valence-corrected chi connectivity index (χ3v) is 3.41. The van der Waals surface area contributed by atoms with E-state index in [9.17, 15) is 0 Å². The van der Waals surface area contributed by atoms with E-state index in [1.165, 1.54) is 0 Å². The van der Waals surface area contributed by atoms with E-state index >= 15 is 0 Å². The summed E-state index contributed by atoms with van der Waals surface area (Å²) in [6, 6.07) is 5.66. The van der Waals surface area contributed by atoms with Gasteiger partial charge in [0.2, 0.25) is 18.5 Å². The topological polar surface area (TPSA) is 57.4 Å². The molecule has 1 aromatic carbocycles. The lowest BCUT2D eigenvalue weighted by Gasteiger charge is -2.04. The number of ether oxygens (including phenoxy) is 2. The molecule has 5 nitrogen and oxygen atoms in total. The van der Waals surface area contributed by atoms with Crippen molar-refractivity contribution in [1.82, 2.24) is 10.1 Å². The first-order chi connectivity index (χ1) is 9.31. The molecule has 1 aliphatic heterocycles. The maximum Gasteiger partial charge on any atom is 0.231 e. The molecule has 0 bridgehead atoms. The summed E-state index contributed by atoms with van der Waals surface area (Å²) in [7, 11) is 0. The first kappa shape index (κ1) is 12.0. The van der Waals surface area contributed by atoms with Gasteiger partial charge in [-0.25, -0.2) is 0 Å². The predicted molar refractivity (Wildman–Crippen MR) is 69.2 cm³/mol. The highest BCUT2D eigenvalue weighted by Crippen LogP contribution is 2.35. The van der Waals surface area contributed by atoms with Crippen LogP contribution in [0.5, 0.6) is 11.5 Å². The van der Waals surface area contributed by atoms with Crippen molar-refractivity contribution in [1.29, 1.82) is 0 Å². The number of hydrogen-bond donors (Lipinski definition) is 0.